The molecule has 45 heavy (non-hydrogen) atoms. The molecule has 13 nitrogen and oxygen atoms in total. The second-order valence-corrected chi connectivity index (χ2v) is 13.9. The summed E-state index contributed by atoms with van der Waals surface area (Å²) in [6, 6.07) is 17.9. The monoisotopic (exact) mass is 630 g/mol. The number of aromatic nitrogens is 3. The molecule has 4 heterocycles. The zero-order chi connectivity index (χ0) is 31.3. The number of nitrogens with one attached hydrogen (secondary N) is 1. The van der Waals surface area contributed by atoms with E-state index in [4.69, 9.17) is 18.7 Å². The van der Waals surface area contributed by atoms with Crippen molar-refractivity contribution in [3.8, 4) is 5.69 Å². The van der Waals surface area contributed by atoms with Crippen LogP contribution in [0.1, 0.15) is 5.69 Å². The number of nitrogens with zero attached hydrogens (tertiary/aromatic N) is 4. The van der Waals surface area contributed by atoms with Crippen LogP contribution in [0, 0.1) is 0 Å². The number of hydrogen-bond donors (Lipinski definition) is 2. The minimum atomic E-state index is -3.97. The largest absolute Gasteiger partial charge is 0.430 e. The van der Waals surface area contributed by atoms with Gasteiger partial charge in [0.2, 0.25) is 6.23 Å². The maximum Gasteiger partial charge on any atom is 0.430 e. The Morgan fingerprint density at radius 3 is 2.56 bits per heavy atom. The Morgan fingerprint density at radius 1 is 1.11 bits per heavy atom. The molecule has 1 aromatic heterocycles. The highest BCUT2D eigenvalue weighted by atomic mass is 31.2. The number of rotatable bonds is 7. The van der Waals surface area contributed by atoms with E-state index in [2.05, 4.69) is 52.0 Å². The molecule has 5 aromatic rings. The smallest absolute Gasteiger partial charge is 0.381 e. The van der Waals surface area contributed by atoms with Crippen LogP contribution in [0.3, 0.4) is 0 Å². The Kier molecular flexibility index (Phi) is 6.13. The van der Waals surface area contributed by atoms with Gasteiger partial charge in [-0.05, 0) is 33.0 Å². The molecule has 2 N–H and O–H groups in total. The van der Waals surface area contributed by atoms with Crippen LogP contribution >= 0.6 is 7.60 Å². The molecule has 4 aromatic carbocycles. The number of hydrogen-bond acceptors (Lipinski definition) is 9. The first-order chi connectivity index (χ1) is 21.5. The molecule has 2 fully saturated rings. The Labute approximate surface area is 256 Å². The van der Waals surface area contributed by atoms with Gasteiger partial charge in [0.1, 0.15) is 23.6 Å². The van der Waals surface area contributed by atoms with Gasteiger partial charge in [-0.3, -0.25) is 13.9 Å². The fourth-order valence-corrected chi connectivity index (χ4v) is 7.73. The van der Waals surface area contributed by atoms with E-state index < -0.39 is 48.1 Å². The first kappa shape index (κ1) is 28.4. The summed E-state index contributed by atoms with van der Waals surface area (Å²) in [6.45, 7) is 1.11. The van der Waals surface area contributed by atoms with E-state index in [-0.39, 0.29) is 24.5 Å². The summed E-state index contributed by atoms with van der Waals surface area (Å²) in [7, 11) is -0.945. The highest BCUT2D eigenvalue weighted by Crippen LogP contribution is 2.52. The molecular formula is C31H29N5O8P+. The normalized spacial score (nSPS) is 29.5. The standard InChI is InChI=1S/C31H28N5O8P/c1-36(29-26-27(44-45(3,39)40)31(43-29,15-41-2)16-42-26)14-21(28(37)32-30(36)38)22-13-35(34-33-22)23-12-10-19-8-7-17-5-4-6-18-9-11-20(23)25(19)24(17)18/h4-14,26-27,29H,15-16H2,1-3H3,(H-,32,37,38,39,40)/p+1/t26-,27?,29+,31-,36?/m0/s1. The van der Waals surface area contributed by atoms with E-state index in [9.17, 15) is 19.0 Å². The van der Waals surface area contributed by atoms with Crippen molar-refractivity contribution < 1.29 is 42.3 Å². The number of carbonyl (C=O) groups is 2. The van der Waals surface area contributed by atoms with Gasteiger partial charge in [-0.2, -0.15) is 4.48 Å². The molecular weight excluding hydrogens is 601 g/mol. The Bertz CT molecular complexity index is 2110. The minimum Gasteiger partial charge on any atom is -0.381 e. The van der Waals surface area contributed by atoms with E-state index in [1.807, 2.05) is 18.2 Å². The quantitative estimate of drug-likeness (QED) is 0.155. The van der Waals surface area contributed by atoms with Crippen LogP contribution in [0.4, 0.5) is 4.79 Å². The van der Waals surface area contributed by atoms with Gasteiger partial charge in [0, 0.05) is 19.2 Å². The van der Waals surface area contributed by atoms with Crippen molar-refractivity contribution in [3.63, 3.8) is 0 Å². The summed E-state index contributed by atoms with van der Waals surface area (Å²) in [5.41, 5.74) is -0.0990. The number of fused-ring (bicyclic) bond motifs is 2. The Balaban J connectivity index is 1.19. The van der Waals surface area contributed by atoms with Crippen molar-refractivity contribution in [2.45, 2.75) is 24.0 Å². The van der Waals surface area contributed by atoms with Gasteiger partial charge in [-0.25, -0.2) is 14.8 Å². The maximum atomic E-state index is 13.4. The molecule has 0 spiro atoms. The van der Waals surface area contributed by atoms with Gasteiger partial charge in [0.25, 0.3) is 5.91 Å². The highest BCUT2D eigenvalue weighted by Gasteiger charge is 2.70. The van der Waals surface area contributed by atoms with Gasteiger partial charge in [-0.1, -0.05) is 53.7 Å². The van der Waals surface area contributed by atoms with Crippen LogP contribution in [0.25, 0.3) is 43.6 Å². The second-order valence-electron chi connectivity index (χ2n) is 12.0. The summed E-state index contributed by atoms with van der Waals surface area (Å²) in [5.74, 6) is -0.644. The number of quaternary nitrogens is 1. The van der Waals surface area contributed by atoms with E-state index in [1.54, 1.807) is 17.9 Å². The van der Waals surface area contributed by atoms with Crippen molar-refractivity contribution in [2.75, 3.05) is 34.0 Å². The maximum absolute atomic E-state index is 13.4. The number of likely N-dealkylation sites (N-methyl/N-ethyl adjacent to an activating group) is 1. The zero-order valence-corrected chi connectivity index (χ0v) is 25.4. The molecule has 3 unspecified atom stereocenters. The molecule has 6 atom stereocenters. The van der Waals surface area contributed by atoms with Crippen molar-refractivity contribution in [1.82, 2.24) is 20.3 Å². The van der Waals surface area contributed by atoms with Gasteiger partial charge >= 0.3 is 13.6 Å². The third-order valence-electron chi connectivity index (χ3n) is 9.02. The number of ether oxygens (including phenoxy) is 3. The van der Waals surface area contributed by atoms with E-state index >= 15 is 0 Å². The fourth-order valence-electron chi connectivity index (χ4n) is 7.00. The van der Waals surface area contributed by atoms with Gasteiger partial charge in [0.15, 0.2) is 11.7 Å². The van der Waals surface area contributed by atoms with Crippen LogP contribution in [-0.2, 0) is 28.1 Å². The predicted molar refractivity (Wildman–Crippen MR) is 163 cm³/mol. The van der Waals surface area contributed by atoms with Crippen molar-refractivity contribution >= 4 is 57.4 Å². The van der Waals surface area contributed by atoms with Crippen LogP contribution in [0.15, 0.2) is 67.0 Å². The predicted octanol–water partition coefficient (Wildman–Crippen LogP) is 3.54. The van der Waals surface area contributed by atoms with E-state index in [1.165, 1.54) is 13.3 Å². The van der Waals surface area contributed by atoms with Gasteiger partial charge in [-0.15, -0.1) is 5.10 Å². The average Bonchev–Trinajstić information content (AvgIpc) is 3.70. The van der Waals surface area contributed by atoms with Crippen molar-refractivity contribution in [1.29, 1.82) is 0 Å². The first-order valence-corrected chi connectivity index (χ1v) is 16.4. The molecule has 230 valence electrons. The number of amides is 3. The van der Waals surface area contributed by atoms with Crippen LogP contribution in [0.2, 0.25) is 0 Å². The first-order valence-electron chi connectivity index (χ1n) is 14.3. The number of imide groups is 1. The van der Waals surface area contributed by atoms with Crippen LogP contribution in [0.5, 0.6) is 0 Å². The number of urea groups is 1. The van der Waals surface area contributed by atoms with Crippen LogP contribution < -0.4 is 5.32 Å². The summed E-state index contributed by atoms with van der Waals surface area (Å²) in [5, 5.41) is 17.7. The lowest BCUT2D eigenvalue weighted by Crippen LogP contribution is -2.65. The lowest BCUT2D eigenvalue weighted by molar-refractivity contribution is -0.839. The average molecular weight is 631 g/mol. The molecule has 8 rings (SSSR count). The molecule has 0 radical (unpaired) electrons. The number of carbonyl (C=O) groups excluding carboxylic acids is 2. The topological polar surface area (TPSA) is 151 Å². The summed E-state index contributed by atoms with van der Waals surface area (Å²) in [6.07, 6.45) is 0.177. The third kappa shape index (κ3) is 4.20. The van der Waals surface area contributed by atoms with Gasteiger partial charge < -0.3 is 19.1 Å². The van der Waals surface area contributed by atoms with Crippen molar-refractivity contribution in [3.05, 3.63) is 72.7 Å². The van der Waals surface area contributed by atoms with E-state index in [0.29, 0.717) is 0 Å². The fraction of sp³-hybridized carbons (Fsp3) is 0.290. The number of benzene rings is 4. The van der Waals surface area contributed by atoms with Crippen molar-refractivity contribution in [2.24, 2.45) is 0 Å². The zero-order valence-electron chi connectivity index (χ0n) is 24.5. The summed E-state index contributed by atoms with van der Waals surface area (Å²) in [4.78, 5) is 36.6. The molecule has 0 saturated carbocycles. The molecule has 0 aliphatic carbocycles. The van der Waals surface area contributed by atoms with Gasteiger partial charge in [0.05, 0.1) is 32.1 Å². The SMILES string of the molecule is COC[C@]12CO[C@@H](C1OP(C)(=O)O)[C@H]([N+]1(C)C=C(c3cn(-c4ccc5ccc6cccc7ccc4c5c67)nn3)C(=O)NC1=O)O2. The molecule has 2 saturated heterocycles. The lowest BCUT2D eigenvalue weighted by Gasteiger charge is -2.40. The summed E-state index contributed by atoms with van der Waals surface area (Å²) >= 11 is 0. The Hall–Kier alpha value is -4.07. The molecule has 3 amide bonds. The number of methoxy groups -OCH3 is 1. The summed E-state index contributed by atoms with van der Waals surface area (Å²) < 4.78 is 36.5. The third-order valence-corrected chi connectivity index (χ3v) is 9.64. The highest BCUT2D eigenvalue weighted by molar-refractivity contribution is 7.51. The van der Waals surface area contributed by atoms with Crippen LogP contribution in [-0.4, -0.2) is 94.4 Å². The van der Waals surface area contributed by atoms with E-state index in [0.717, 1.165) is 44.7 Å². The second kappa shape index (κ2) is 9.71. The molecule has 14 heteroatoms. The molecule has 3 aliphatic heterocycles. The molecule has 3 aliphatic rings. The minimum absolute atomic E-state index is 0.00453. The lowest BCUT2D eigenvalue weighted by atomic mass is 9.93. The molecule has 2 bridgehead atoms. The Morgan fingerprint density at radius 2 is 1.82 bits per heavy atom.